The van der Waals surface area contributed by atoms with E-state index >= 15 is 0 Å². The molecule has 0 aliphatic carbocycles. The molecule has 1 aromatic carbocycles. The lowest BCUT2D eigenvalue weighted by atomic mass is 10.2. The lowest BCUT2D eigenvalue weighted by Gasteiger charge is -1.99. The molecule has 0 unspecified atom stereocenters. The number of aromatic hydroxyl groups is 1. The number of hydrogen-bond donors (Lipinski definition) is 2. The largest absolute Gasteiger partial charge is 0.508 e. The first-order valence-corrected chi connectivity index (χ1v) is 4.75. The maximum absolute atomic E-state index is 11.7. The van der Waals surface area contributed by atoms with Crippen LogP contribution in [0, 0.1) is 0 Å². The number of phenolic OH excluding ortho intramolecular Hbond substituents is 1. The average molecular weight is 230 g/mol. The van der Waals surface area contributed by atoms with E-state index in [1.807, 2.05) is 0 Å². The Morgan fingerprint density at radius 1 is 1.29 bits per heavy atom. The van der Waals surface area contributed by atoms with Crippen LogP contribution in [-0.2, 0) is 0 Å². The third-order valence-corrected chi connectivity index (χ3v) is 2.30. The molecule has 3 aromatic rings. The van der Waals surface area contributed by atoms with E-state index in [2.05, 4.69) is 20.6 Å². The molecule has 84 valence electrons. The molecular formula is C10H6N4O3. The highest BCUT2D eigenvalue weighted by Gasteiger charge is 2.11. The van der Waals surface area contributed by atoms with E-state index in [1.54, 1.807) is 6.07 Å². The summed E-state index contributed by atoms with van der Waals surface area (Å²) >= 11 is 0. The average Bonchev–Trinajstić information content (AvgIpc) is 2.82. The van der Waals surface area contributed by atoms with Gasteiger partial charge in [0.2, 0.25) is 5.82 Å². The van der Waals surface area contributed by atoms with Crippen LogP contribution in [0.2, 0.25) is 0 Å². The van der Waals surface area contributed by atoms with Crippen LogP contribution in [0.25, 0.3) is 22.4 Å². The second-order valence-corrected chi connectivity index (χ2v) is 3.41. The van der Waals surface area contributed by atoms with Crippen LogP contribution in [-0.4, -0.2) is 25.7 Å². The Morgan fingerprint density at radius 2 is 2.18 bits per heavy atom. The molecule has 0 aliphatic heterocycles. The molecule has 0 amide bonds. The predicted octanol–water partition coefficient (Wildman–Crippen LogP) is 0.679. The minimum absolute atomic E-state index is 0.0883. The van der Waals surface area contributed by atoms with Gasteiger partial charge in [-0.05, 0) is 29.5 Å². The van der Waals surface area contributed by atoms with Crippen LogP contribution in [0.15, 0.2) is 33.5 Å². The summed E-state index contributed by atoms with van der Waals surface area (Å²) in [5.74, 6) is 0.245. The number of nitrogens with zero attached hydrogens (tertiary/aromatic N) is 3. The zero-order chi connectivity index (χ0) is 11.8. The summed E-state index contributed by atoms with van der Waals surface area (Å²) in [6, 6.07) is 6.00. The molecule has 0 aliphatic rings. The van der Waals surface area contributed by atoms with Crippen molar-refractivity contribution >= 4 is 11.0 Å². The highest BCUT2D eigenvalue weighted by Crippen LogP contribution is 2.21. The number of fused-ring (bicyclic) bond motifs is 1. The smallest absolute Gasteiger partial charge is 0.347 e. The Labute approximate surface area is 93.7 Å². The van der Waals surface area contributed by atoms with Crippen molar-refractivity contribution in [3.8, 4) is 17.1 Å². The van der Waals surface area contributed by atoms with Crippen LogP contribution in [0.4, 0.5) is 0 Å². The number of phenols is 1. The van der Waals surface area contributed by atoms with E-state index in [1.165, 1.54) is 18.2 Å². The van der Waals surface area contributed by atoms with Gasteiger partial charge in [0, 0.05) is 5.39 Å². The van der Waals surface area contributed by atoms with Crippen molar-refractivity contribution in [1.82, 2.24) is 20.6 Å². The molecule has 2 aromatic heterocycles. The Hall–Kier alpha value is -2.70. The van der Waals surface area contributed by atoms with Gasteiger partial charge in [0.25, 0.3) is 0 Å². The fourth-order valence-corrected chi connectivity index (χ4v) is 1.54. The van der Waals surface area contributed by atoms with Crippen molar-refractivity contribution in [3.63, 3.8) is 0 Å². The van der Waals surface area contributed by atoms with Crippen molar-refractivity contribution in [2.45, 2.75) is 0 Å². The number of aromatic amines is 1. The number of tetrazole rings is 1. The molecule has 0 fully saturated rings. The zero-order valence-corrected chi connectivity index (χ0v) is 8.41. The summed E-state index contributed by atoms with van der Waals surface area (Å²) in [6.07, 6.45) is 0. The van der Waals surface area contributed by atoms with Gasteiger partial charge < -0.3 is 9.52 Å². The lowest BCUT2D eigenvalue weighted by molar-refractivity contribution is 0.475. The van der Waals surface area contributed by atoms with Crippen LogP contribution < -0.4 is 5.63 Å². The van der Waals surface area contributed by atoms with Crippen molar-refractivity contribution in [3.05, 3.63) is 34.7 Å². The lowest BCUT2D eigenvalue weighted by Crippen LogP contribution is -2.03. The topological polar surface area (TPSA) is 105 Å². The van der Waals surface area contributed by atoms with E-state index in [4.69, 9.17) is 4.42 Å². The van der Waals surface area contributed by atoms with Crippen LogP contribution in [0.3, 0.4) is 0 Å². The normalized spacial score (nSPS) is 10.8. The highest BCUT2D eigenvalue weighted by molar-refractivity contribution is 5.81. The summed E-state index contributed by atoms with van der Waals surface area (Å²) in [7, 11) is 0. The van der Waals surface area contributed by atoms with Crippen molar-refractivity contribution in [2.24, 2.45) is 0 Å². The molecule has 7 heteroatoms. The SMILES string of the molecule is O=c1oc2ccc(O)cc2cc1-c1nn[nH]n1. The number of benzene rings is 1. The minimum Gasteiger partial charge on any atom is -0.508 e. The Morgan fingerprint density at radius 3 is 2.94 bits per heavy atom. The zero-order valence-electron chi connectivity index (χ0n) is 8.41. The molecule has 7 nitrogen and oxygen atoms in total. The highest BCUT2D eigenvalue weighted by atomic mass is 16.4. The molecule has 2 N–H and O–H groups in total. The van der Waals surface area contributed by atoms with Crippen LogP contribution in [0.5, 0.6) is 5.75 Å². The molecule has 0 saturated heterocycles. The Kier molecular flexibility index (Phi) is 1.91. The summed E-state index contributed by atoms with van der Waals surface area (Å²) < 4.78 is 5.08. The van der Waals surface area contributed by atoms with Gasteiger partial charge in [-0.25, -0.2) is 4.79 Å². The second-order valence-electron chi connectivity index (χ2n) is 3.41. The molecule has 2 heterocycles. The molecule has 3 rings (SSSR count). The van der Waals surface area contributed by atoms with Gasteiger partial charge in [-0.3, -0.25) is 0 Å². The number of H-pyrrole nitrogens is 1. The quantitative estimate of drug-likeness (QED) is 0.595. The van der Waals surface area contributed by atoms with Gasteiger partial charge in [-0.15, -0.1) is 10.2 Å². The van der Waals surface area contributed by atoms with Gasteiger partial charge in [-0.1, -0.05) is 0 Å². The fourth-order valence-electron chi connectivity index (χ4n) is 1.54. The van der Waals surface area contributed by atoms with Gasteiger partial charge in [0.15, 0.2) is 0 Å². The molecule has 0 spiro atoms. The van der Waals surface area contributed by atoms with Crippen LogP contribution in [0.1, 0.15) is 0 Å². The van der Waals surface area contributed by atoms with Gasteiger partial charge in [-0.2, -0.15) is 5.21 Å². The van der Waals surface area contributed by atoms with Crippen LogP contribution >= 0.6 is 0 Å². The Balaban J connectivity index is 2.33. The summed E-state index contributed by atoms with van der Waals surface area (Å²) in [6.45, 7) is 0. The summed E-state index contributed by atoms with van der Waals surface area (Å²) in [4.78, 5) is 11.7. The van der Waals surface area contributed by atoms with Gasteiger partial charge >= 0.3 is 5.63 Å². The number of hydrogen-bond acceptors (Lipinski definition) is 6. The standard InChI is InChI=1S/C10H6N4O3/c15-6-1-2-8-5(3-6)4-7(10(16)17-8)9-11-13-14-12-9/h1-4,15H,(H,11,12,13,14). The first-order chi connectivity index (χ1) is 8.24. The van der Waals surface area contributed by atoms with E-state index in [9.17, 15) is 9.90 Å². The predicted molar refractivity (Wildman–Crippen MR) is 57.3 cm³/mol. The summed E-state index contributed by atoms with van der Waals surface area (Å²) in [5, 5.41) is 23.0. The molecule has 0 saturated carbocycles. The number of rotatable bonds is 1. The molecule has 0 radical (unpaired) electrons. The number of nitrogens with one attached hydrogen (secondary N) is 1. The van der Waals surface area contributed by atoms with Gasteiger partial charge in [0.1, 0.15) is 16.9 Å². The maximum Gasteiger partial charge on any atom is 0.347 e. The Bertz CT molecular complexity index is 733. The third-order valence-electron chi connectivity index (χ3n) is 2.30. The van der Waals surface area contributed by atoms with Crippen molar-refractivity contribution in [1.29, 1.82) is 0 Å². The second kappa shape index (κ2) is 3.41. The number of aromatic nitrogens is 4. The maximum atomic E-state index is 11.7. The van der Waals surface area contributed by atoms with Crippen molar-refractivity contribution in [2.75, 3.05) is 0 Å². The third kappa shape index (κ3) is 1.53. The van der Waals surface area contributed by atoms with E-state index in [-0.39, 0.29) is 17.1 Å². The monoisotopic (exact) mass is 230 g/mol. The molecule has 17 heavy (non-hydrogen) atoms. The van der Waals surface area contributed by atoms with E-state index in [0.717, 1.165) is 0 Å². The molecular weight excluding hydrogens is 224 g/mol. The first-order valence-electron chi connectivity index (χ1n) is 4.75. The van der Waals surface area contributed by atoms with Crippen molar-refractivity contribution < 1.29 is 9.52 Å². The van der Waals surface area contributed by atoms with Gasteiger partial charge in [0.05, 0.1) is 0 Å². The van der Waals surface area contributed by atoms with E-state index in [0.29, 0.717) is 11.0 Å². The minimum atomic E-state index is -0.551. The summed E-state index contributed by atoms with van der Waals surface area (Å²) in [5.41, 5.74) is 0.0292. The molecule has 0 atom stereocenters. The first kappa shape index (κ1) is 9.52. The molecule has 0 bridgehead atoms. The fraction of sp³-hybridized carbons (Fsp3) is 0. The van der Waals surface area contributed by atoms with E-state index < -0.39 is 5.63 Å².